The third-order valence-electron chi connectivity index (χ3n) is 10.8. The Kier molecular flexibility index (Phi) is 20.3. The van der Waals surface area contributed by atoms with Gasteiger partial charge in [0.1, 0.15) is 5.82 Å². The first-order valence-corrected chi connectivity index (χ1v) is 22.7. The van der Waals surface area contributed by atoms with Crippen LogP contribution in [0.5, 0.6) is 0 Å². The first kappa shape index (κ1) is 48.7. The van der Waals surface area contributed by atoms with Crippen molar-refractivity contribution in [1.82, 2.24) is 9.38 Å². The van der Waals surface area contributed by atoms with Crippen molar-refractivity contribution >= 4 is 30.3 Å². The van der Waals surface area contributed by atoms with Crippen molar-refractivity contribution in [1.29, 1.82) is 0 Å². The fourth-order valence-electron chi connectivity index (χ4n) is 7.40. The monoisotopic (exact) mass is 904 g/mol. The summed E-state index contributed by atoms with van der Waals surface area (Å²) in [5.74, 6) is 0.478. The molecule has 5 aromatic rings. The zero-order chi connectivity index (χ0) is 45.4. The highest BCUT2D eigenvalue weighted by atomic mass is 19.2. The number of benzene rings is 4. The van der Waals surface area contributed by atoms with Crippen molar-refractivity contribution < 1.29 is 46.5 Å². The maximum atomic E-state index is 15.3. The number of halogens is 2. The van der Waals surface area contributed by atoms with Gasteiger partial charge in [-0.1, -0.05) is 115 Å². The van der Waals surface area contributed by atoms with E-state index in [9.17, 15) is 0 Å². The lowest BCUT2D eigenvalue weighted by Gasteiger charge is -2.22. The predicted molar refractivity (Wildman–Crippen MR) is 255 cm³/mol. The van der Waals surface area contributed by atoms with Crippen LogP contribution >= 0.6 is 0 Å². The molecule has 0 spiro atoms. The van der Waals surface area contributed by atoms with Crippen molar-refractivity contribution in [3.8, 4) is 22.4 Å². The van der Waals surface area contributed by atoms with E-state index in [-0.39, 0.29) is 5.82 Å². The van der Waals surface area contributed by atoms with Gasteiger partial charge in [-0.15, -0.1) is 0 Å². The van der Waals surface area contributed by atoms with E-state index in [2.05, 4.69) is 17.0 Å². The van der Waals surface area contributed by atoms with Crippen molar-refractivity contribution in [2.75, 3.05) is 119 Å². The quantitative estimate of drug-likeness (QED) is 0.143. The van der Waals surface area contributed by atoms with Gasteiger partial charge >= 0.3 is 7.40 Å². The summed E-state index contributed by atoms with van der Waals surface area (Å²) in [5.41, 5.74) is 6.67. The zero-order valence-corrected chi connectivity index (χ0v) is 37.4. The molecule has 0 N–H and O–H groups in total. The van der Waals surface area contributed by atoms with Crippen LogP contribution in [0.25, 0.3) is 28.0 Å². The molecule has 1 aromatic heterocycles. The molecule has 3 heterocycles. The van der Waals surface area contributed by atoms with Crippen LogP contribution < -0.4 is 0 Å². The average Bonchev–Trinajstić information content (AvgIpc) is 3.95. The number of amidine groups is 1. The van der Waals surface area contributed by atoms with Crippen LogP contribution in [0.1, 0.15) is 16.7 Å². The number of nitrogens with zero attached hydrogens (tertiary/aromatic N) is 4. The van der Waals surface area contributed by atoms with Gasteiger partial charge < -0.3 is 42.4 Å². The van der Waals surface area contributed by atoms with E-state index < -0.39 is 7.40 Å². The van der Waals surface area contributed by atoms with Crippen LogP contribution in [0.3, 0.4) is 0 Å². The highest BCUT2D eigenvalue weighted by Gasteiger charge is 2.30. The van der Waals surface area contributed by atoms with Gasteiger partial charge in [0.15, 0.2) is 5.84 Å². The summed E-state index contributed by atoms with van der Waals surface area (Å²) < 4.78 is 77.1. The molecular formula is C51H59BF2N4O8. The number of hydrogen-bond acceptors (Lipinski definition) is 10. The summed E-state index contributed by atoms with van der Waals surface area (Å²) in [6.07, 6.45) is 1.98. The molecule has 0 radical (unpaired) electrons. The van der Waals surface area contributed by atoms with E-state index in [1.165, 1.54) is 0 Å². The summed E-state index contributed by atoms with van der Waals surface area (Å²) in [5, 5.41) is 0. The number of allylic oxidation sites excluding steroid dienone is 1. The van der Waals surface area contributed by atoms with E-state index in [1.807, 2.05) is 109 Å². The van der Waals surface area contributed by atoms with Crippen molar-refractivity contribution in [3.05, 3.63) is 144 Å². The maximum Gasteiger partial charge on any atom is 0.679 e. The lowest BCUT2D eigenvalue weighted by Crippen LogP contribution is -2.31. The van der Waals surface area contributed by atoms with Crippen molar-refractivity contribution in [3.63, 3.8) is 0 Å². The van der Waals surface area contributed by atoms with Crippen molar-refractivity contribution in [2.24, 2.45) is 9.98 Å². The number of ether oxygens (including phenoxy) is 8. The molecule has 2 aliphatic rings. The third kappa shape index (κ3) is 15.2. The zero-order valence-electron chi connectivity index (χ0n) is 37.4. The highest BCUT2D eigenvalue weighted by molar-refractivity contribution is 6.43. The predicted octanol–water partition coefficient (Wildman–Crippen LogP) is 8.16. The summed E-state index contributed by atoms with van der Waals surface area (Å²) in [6.45, 7) is 9.85. The molecule has 15 heteroatoms. The minimum Gasteiger partial charge on any atom is -0.378 e. The maximum absolute atomic E-state index is 15.3. The fraction of sp³-hybridized carbons (Fsp3) is 0.373. The Labute approximate surface area is 387 Å². The number of rotatable bonds is 8. The first-order chi connectivity index (χ1) is 32.6. The summed E-state index contributed by atoms with van der Waals surface area (Å²) in [6, 6.07) is 38.6. The second kappa shape index (κ2) is 27.4. The topological polar surface area (TPSA) is 107 Å². The fourth-order valence-corrected chi connectivity index (χ4v) is 7.40. The van der Waals surface area contributed by atoms with Crippen molar-refractivity contribution in [2.45, 2.75) is 6.54 Å². The summed E-state index contributed by atoms with van der Waals surface area (Å²) in [4.78, 5) is 12.3. The number of aliphatic imine (C=N–C) groups is 2. The standard InChI is InChI=1S/C51H59BF2N4O8/c53-52(54)58-49(45-14-8-3-9-15-45)39-47(42-10-4-1-5-11-42)51(58)56-50-46(38-48(55-50)44-12-6-2-7-13-44)43-18-16-41(17-19-43)40-57-20-22-59-24-26-61-28-30-63-32-34-65-36-37-66-35-33-64-31-29-62-27-25-60-23-21-57/h1-19,38-39H,20-37,40H2/b56-50-. The largest absolute Gasteiger partial charge is 0.679 e. The molecule has 4 aromatic carbocycles. The Balaban J connectivity index is 1.07. The van der Waals surface area contributed by atoms with Gasteiger partial charge in [0, 0.05) is 42.0 Å². The molecule has 0 saturated carbocycles. The van der Waals surface area contributed by atoms with Crippen LogP contribution in [0.4, 0.5) is 14.4 Å². The molecule has 0 amide bonds. The summed E-state index contributed by atoms with van der Waals surface area (Å²) >= 11 is 0. The smallest absolute Gasteiger partial charge is 0.378 e. The van der Waals surface area contributed by atoms with Gasteiger partial charge in [0.25, 0.3) is 0 Å². The highest BCUT2D eigenvalue weighted by Crippen LogP contribution is 2.40. The lowest BCUT2D eigenvalue weighted by molar-refractivity contribution is -0.0223. The van der Waals surface area contributed by atoms with E-state index in [1.54, 1.807) is 6.07 Å². The molecule has 348 valence electrons. The van der Waals surface area contributed by atoms with E-state index >= 15 is 8.63 Å². The summed E-state index contributed by atoms with van der Waals surface area (Å²) in [7, 11) is -2.86. The molecule has 2 aliphatic heterocycles. The van der Waals surface area contributed by atoms with Gasteiger partial charge in [0.05, 0.1) is 111 Å². The normalized spacial score (nSPS) is 18.6. The Morgan fingerprint density at radius 2 is 0.909 bits per heavy atom. The minimum atomic E-state index is -2.86. The number of hydrogen-bond donors (Lipinski definition) is 0. The lowest BCUT2D eigenvalue weighted by atomic mass is 10.0. The van der Waals surface area contributed by atoms with Crippen LogP contribution in [-0.4, -0.2) is 147 Å². The molecule has 0 atom stereocenters. The van der Waals surface area contributed by atoms with E-state index in [0.717, 1.165) is 32.3 Å². The van der Waals surface area contributed by atoms with Crippen LogP contribution in [0.15, 0.2) is 137 Å². The van der Waals surface area contributed by atoms with Crippen LogP contribution in [-0.2, 0) is 44.4 Å². The molecule has 7 rings (SSSR count). The SMILES string of the molecule is FB(F)n1c(-c2ccccc2)cc(-c2ccccc2)c1/N=C1\N=C(c2ccccc2)C=C1c1ccc(CN2CCOCCOCCOCCOCCOCCOCCOCCOCC2)cc1. The van der Waals surface area contributed by atoms with Gasteiger partial charge in [-0.25, -0.2) is 9.98 Å². The second-order valence-electron chi connectivity index (χ2n) is 15.4. The Bertz CT molecular complexity index is 2240. The molecule has 12 nitrogen and oxygen atoms in total. The molecule has 1 saturated heterocycles. The molecule has 66 heavy (non-hydrogen) atoms. The van der Waals surface area contributed by atoms with Gasteiger partial charge in [-0.05, 0) is 34.4 Å². The molecule has 0 unspecified atom stereocenters. The minimum absolute atomic E-state index is 0.129. The molecule has 0 aliphatic carbocycles. The van der Waals surface area contributed by atoms with E-state index in [4.69, 9.17) is 47.9 Å². The number of aromatic nitrogens is 1. The Morgan fingerprint density at radius 3 is 1.36 bits per heavy atom. The van der Waals surface area contributed by atoms with Crippen LogP contribution in [0, 0.1) is 0 Å². The van der Waals surface area contributed by atoms with Gasteiger partial charge in [0.2, 0.25) is 0 Å². The van der Waals surface area contributed by atoms with E-state index in [0.29, 0.717) is 154 Å². The Hall–Kier alpha value is -5.20. The van der Waals surface area contributed by atoms with Crippen LogP contribution in [0.2, 0.25) is 0 Å². The van der Waals surface area contributed by atoms with Gasteiger partial charge in [-0.3, -0.25) is 13.5 Å². The Morgan fingerprint density at radius 1 is 0.485 bits per heavy atom. The van der Waals surface area contributed by atoms with Gasteiger partial charge in [-0.2, -0.15) is 0 Å². The molecule has 0 bridgehead atoms. The molecular weight excluding hydrogens is 845 g/mol. The first-order valence-electron chi connectivity index (χ1n) is 22.7. The third-order valence-corrected chi connectivity index (χ3v) is 10.8. The molecule has 1 fully saturated rings. The average molecular weight is 905 g/mol. The second-order valence-corrected chi connectivity index (χ2v) is 15.4.